The molecule has 2 rings (SSSR count). The second kappa shape index (κ2) is 6.60. The van der Waals surface area contributed by atoms with Crippen molar-refractivity contribution in [2.45, 2.75) is 0 Å². The lowest BCUT2D eigenvalue weighted by Crippen LogP contribution is -2.17. The number of furan rings is 1. The average molecular weight is 287 g/mol. The molecule has 0 radical (unpaired) electrons. The van der Waals surface area contributed by atoms with Crippen molar-refractivity contribution >= 4 is 18.0 Å². The molecule has 0 fully saturated rings. The van der Waals surface area contributed by atoms with Gasteiger partial charge >= 0.3 is 0 Å². The van der Waals surface area contributed by atoms with Crippen LogP contribution in [0.25, 0.3) is 0 Å². The molecular formula is C15H17N3O3. The van der Waals surface area contributed by atoms with Crippen molar-refractivity contribution in [3.05, 3.63) is 47.7 Å². The fraction of sp³-hybridized carbons (Fsp3) is 0.200. The van der Waals surface area contributed by atoms with Gasteiger partial charge in [0.2, 0.25) is 0 Å². The summed E-state index contributed by atoms with van der Waals surface area (Å²) in [4.78, 5) is 13.7. The third-order valence-electron chi connectivity index (χ3n) is 2.74. The van der Waals surface area contributed by atoms with Gasteiger partial charge in [-0.15, -0.1) is 0 Å². The zero-order valence-electron chi connectivity index (χ0n) is 12.2. The van der Waals surface area contributed by atoms with Gasteiger partial charge in [0.05, 0.1) is 13.3 Å². The van der Waals surface area contributed by atoms with E-state index < -0.39 is 0 Å². The van der Waals surface area contributed by atoms with E-state index in [1.807, 2.05) is 25.1 Å². The first kappa shape index (κ1) is 14.6. The Kier molecular flexibility index (Phi) is 4.61. The summed E-state index contributed by atoms with van der Waals surface area (Å²) in [6.45, 7) is 0. The first-order valence-electron chi connectivity index (χ1n) is 6.35. The number of hydrogen-bond donors (Lipinski definition) is 1. The highest BCUT2D eigenvalue weighted by atomic mass is 16.5. The van der Waals surface area contributed by atoms with Gasteiger partial charge in [-0.2, -0.15) is 5.10 Å². The zero-order chi connectivity index (χ0) is 15.2. The molecular weight excluding hydrogens is 270 g/mol. The average Bonchev–Trinajstić information content (AvgIpc) is 2.96. The van der Waals surface area contributed by atoms with Crippen LogP contribution in [0.5, 0.6) is 5.75 Å². The van der Waals surface area contributed by atoms with E-state index >= 15 is 0 Å². The highest BCUT2D eigenvalue weighted by molar-refractivity contribution is 5.95. The predicted octanol–water partition coefficient (Wildman–Crippen LogP) is 2.12. The number of rotatable bonds is 5. The number of nitrogens with one attached hydrogen (secondary N) is 1. The van der Waals surface area contributed by atoms with Gasteiger partial charge in [-0.3, -0.25) is 4.79 Å². The summed E-state index contributed by atoms with van der Waals surface area (Å²) >= 11 is 0. The lowest BCUT2D eigenvalue weighted by atomic mass is 10.2. The Hall–Kier alpha value is -2.76. The van der Waals surface area contributed by atoms with Gasteiger partial charge < -0.3 is 14.1 Å². The van der Waals surface area contributed by atoms with Crippen molar-refractivity contribution in [1.82, 2.24) is 5.43 Å². The van der Waals surface area contributed by atoms with E-state index in [9.17, 15) is 4.79 Å². The van der Waals surface area contributed by atoms with Crippen LogP contribution in [0.3, 0.4) is 0 Å². The van der Waals surface area contributed by atoms with E-state index in [4.69, 9.17) is 9.15 Å². The Morgan fingerprint density at radius 1 is 1.33 bits per heavy atom. The highest BCUT2D eigenvalue weighted by Gasteiger charge is 2.05. The first-order chi connectivity index (χ1) is 10.1. The van der Waals surface area contributed by atoms with Gasteiger partial charge in [0, 0.05) is 25.7 Å². The van der Waals surface area contributed by atoms with E-state index in [0.29, 0.717) is 17.1 Å². The molecule has 0 aliphatic heterocycles. The fourth-order valence-corrected chi connectivity index (χ4v) is 1.64. The van der Waals surface area contributed by atoms with E-state index in [1.165, 1.54) is 6.21 Å². The molecule has 1 N–H and O–H groups in total. The molecule has 1 aromatic heterocycles. The Balaban J connectivity index is 1.97. The minimum Gasteiger partial charge on any atom is -0.497 e. The number of nitrogens with zero attached hydrogens (tertiary/aromatic N) is 2. The minimum atomic E-state index is -0.315. The van der Waals surface area contributed by atoms with E-state index in [-0.39, 0.29) is 5.91 Å². The molecule has 0 unspecified atom stereocenters. The second-order valence-electron chi connectivity index (χ2n) is 4.50. The van der Waals surface area contributed by atoms with Gasteiger partial charge in [-0.05, 0) is 24.3 Å². The number of hydrogen-bond acceptors (Lipinski definition) is 5. The van der Waals surface area contributed by atoms with Gasteiger partial charge in [-0.1, -0.05) is 6.07 Å². The van der Waals surface area contributed by atoms with Gasteiger partial charge in [0.15, 0.2) is 5.88 Å². The largest absolute Gasteiger partial charge is 0.497 e. The number of hydrazone groups is 1. The van der Waals surface area contributed by atoms with Crippen LogP contribution in [0.4, 0.5) is 5.88 Å². The number of carbonyl (C=O) groups excluding carboxylic acids is 1. The van der Waals surface area contributed by atoms with Crippen LogP contribution in [0.15, 0.2) is 45.9 Å². The van der Waals surface area contributed by atoms with Gasteiger partial charge in [0.1, 0.15) is 11.5 Å². The monoisotopic (exact) mass is 287 g/mol. The zero-order valence-corrected chi connectivity index (χ0v) is 12.2. The van der Waals surface area contributed by atoms with E-state index in [1.54, 1.807) is 37.4 Å². The maximum absolute atomic E-state index is 11.9. The summed E-state index contributed by atoms with van der Waals surface area (Å²) in [5, 5.41) is 3.87. The maximum Gasteiger partial charge on any atom is 0.271 e. The molecule has 0 spiro atoms. The van der Waals surface area contributed by atoms with Crippen LogP contribution in [0.1, 0.15) is 16.1 Å². The molecule has 6 heteroatoms. The number of anilines is 1. The standard InChI is InChI=1S/C15H17N3O3/c1-18(2)14-8-7-13(21-14)10-16-17-15(19)11-5-4-6-12(9-11)20-3/h4-10H,1-3H3,(H,17,19)/b16-10-. The third kappa shape index (κ3) is 3.85. The molecule has 0 saturated heterocycles. The molecule has 0 aliphatic carbocycles. The Morgan fingerprint density at radius 3 is 2.81 bits per heavy atom. The molecule has 2 aromatic rings. The van der Waals surface area contributed by atoms with Crippen molar-refractivity contribution in [1.29, 1.82) is 0 Å². The maximum atomic E-state index is 11.9. The van der Waals surface area contributed by atoms with Crippen molar-refractivity contribution in [2.24, 2.45) is 5.10 Å². The van der Waals surface area contributed by atoms with E-state index in [2.05, 4.69) is 10.5 Å². The summed E-state index contributed by atoms with van der Waals surface area (Å²) in [5.41, 5.74) is 2.91. The molecule has 1 amide bonds. The van der Waals surface area contributed by atoms with Crippen LogP contribution in [-0.2, 0) is 0 Å². The van der Waals surface area contributed by atoms with Crippen LogP contribution < -0.4 is 15.1 Å². The molecule has 110 valence electrons. The molecule has 0 aliphatic rings. The summed E-state index contributed by atoms with van der Waals surface area (Å²) in [6.07, 6.45) is 1.45. The molecule has 1 aromatic carbocycles. The van der Waals surface area contributed by atoms with Crippen molar-refractivity contribution in [3.8, 4) is 5.75 Å². The lowest BCUT2D eigenvalue weighted by molar-refractivity contribution is 0.0955. The van der Waals surface area contributed by atoms with Gasteiger partial charge in [0.25, 0.3) is 5.91 Å². The first-order valence-corrected chi connectivity index (χ1v) is 6.35. The topological polar surface area (TPSA) is 67.1 Å². The predicted molar refractivity (Wildman–Crippen MR) is 81.1 cm³/mol. The number of methoxy groups -OCH3 is 1. The minimum absolute atomic E-state index is 0.315. The summed E-state index contributed by atoms with van der Waals surface area (Å²) < 4.78 is 10.5. The van der Waals surface area contributed by atoms with Crippen LogP contribution in [-0.4, -0.2) is 33.3 Å². The van der Waals surface area contributed by atoms with Gasteiger partial charge in [-0.25, -0.2) is 5.43 Å². The number of amides is 1. The quantitative estimate of drug-likeness (QED) is 0.675. The Bertz CT molecular complexity index is 647. The SMILES string of the molecule is COc1cccc(C(=O)N/N=C\c2ccc(N(C)C)o2)c1. The molecule has 0 atom stereocenters. The fourth-order valence-electron chi connectivity index (χ4n) is 1.64. The Morgan fingerprint density at radius 2 is 2.14 bits per heavy atom. The van der Waals surface area contributed by atoms with E-state index in [0.717, 1.165) is 5.88 Å². The lowest BCUT2D eigenvalue weighted by Gasteiger charge is -2.05. The summed E-state index contributed by atoms with van der Waals surface area (Å²) in [6, 6.07) is 10.4. The summed E-state index contributed by atoms with van der Waals surface area (Å²) in [7, 11) is 5.31. The number of benzene rings is 1. The van der Waals surface area contributed by atoms with Crippen molar-refractivity contribution in [3.63, 3.8) is 0 Å². The molecule has 0 saturated carbocycles. The second-order valence-corrected chi connectivity index (χ2v) is 4.50. The highest BCUT2D eigenvalue weighted by Crippen LogP contribution is 2.14. The number of ether oxygens (including phenoxy) is 1. The third-order valence-corrected chi connectivity index (χ3v) is 2.74. The van der Waals surface area contributed by atoms with Crippen molar-refractivity contribution in [2.75, 3.05) is 26.1 Å². The van der Waals surface area contributed by atoms with Crippen LogP contribution in [0, 0.1) is 0 Å². The van der Waals surface area contributed by atoms with Crippen LogP contribution in [0.2, 0.25) is 0 Å². The smallest absolute Gasteiger partial charge is 0.271 e. The molecule has 6 nitrogen and oxygen atoms in total. The molecule has 0 bridgehead atoms. The van der Waals surface area contributed by atoms with Crippen LogP contribution >= 0.6 is 0 Å². The molecule has 21 heavy (non-hydrogen) atoms. The molecule has 1 heterocycles. The number of carbonyl (C=O) groups is 1. The normalized spacial score (nSPS) is 10.6. The Labute approximate surface area is 123 Å². The summed E-state index contributed by atoms with van der Waals surface area (Å²) in [5.74, 6) is 1.58. The van der Waals surface area contributed by atoms with Crippen molar-refractivity contribution < 1.29 is 13.9 Å².